The van der Waals surface area contributed by atoms with E-state index in [1.165, 1.54) is 42.7 Å². The first kappa shape index (κ1) is 28.8. The molecule has 1 atom stereocenters. The number of nitrogens with one attached hydrogen (secondary N) is 1. The molecule has 0 bridgehead atoms. The van der Waals surface area contributed by atoms with Crippen molar-refractivity contribution in [2.75, 3.05) is 11.4 Å². The first-order valence-corrected chi connectivity index (χ1v) is 13.1. The summed E-state index contributed by atoms with van der Waals surface area (Å²) < 4.78 is 44.9. The Balaban J connectivity index is 1.59. The highest BCUT2D eigenvalue weighted by Gasteiger charge is 2.26. The molecule has 8 nitrogen and oxygen atoms in total. The van der Waals surface area contributed by atoms with Gasteiger partial charge in [0, 0.05) is 29.4 Å². The van der Waals surface area contributed by atoms with Crippen LogP contribution >= 0.6 is 11.3 Å². The van der Waals surface area contributed by atoms with E-state index in [2.05, 4.69) is 15.3 Å². The Labute approximate surface area is 232 Å². The van der Waals surface area contributed by atoms with Crippen LogP contribution in [0.5, 0.6) is 0 Å². The van der Waals surface area contributed by atoms with E-state index in [0.717, 1.165) is 27.2 Å². The zero-order chi connectivity index (χ0) is 29.0. The van der Waals surface area contributed by atoms with Crippen LogP contribution in [0.3, 0.4) is 0 Å². The lowest BCUT2D eigenvalue weighted by atomic mass is 10.0. The molecule has 0 saturated heterocycles. The second kappa shape index (κ2) is 11.9. The van der Waals surface area contributed by atoms with Crippen molar-refractivity contribution in [3.8, 4) is 10.4 Å². The SMILES string of the molecule is CC(C)(C)OC(=O)N[C@@H](Cc1ccc(C(F)F)cc1)CN(C(=O)O)c1ncc(-c2ccc3cnc(F)cc3c2)s1. The quantitative estimate of drug-likeness (QED) is 0.219. The van der Waals surface area contributed by atoms with Crippen LogP contribution in [0.1, 0.15) is 38.3 Å². The van der Waals surface area contributed by atoms with Crippen molar-refractivity contribution in [1.82, 2.24) is 15.3 Å². The van der Waals surface area contributed by atoms with Gasteiger partial charge in [0.05, 0.1) is 17.5 Å². The third-order valence-corrected chi connectivity index (χ3v) is 6.84. The number of alkyl halides is 2. The number of anilines is 1. The van der Waals surface area contributed by atoms with Crippen LogP contribution in [0.2, 0.25) is 0 Å². The van der Waals surface area contributed by atoms with Gasteiger partial charge in [-0.05, 0) is 49.8 Å². The number of hydrogen-bond acceptors (Lipinski definition) is 6. The second-order valence-corrected chi connectivity index (χ2v) is 11.1. The topological polar surface area (TPSA) is 105 Å². The van der Waals surface area contributed by atoms with Gasteiger partial charge in [-0.1, -0.05) is 47.7 Å². The van der Waals surface area contributed by atoms with Crippen LogP contribution in [-0.2, 0) is 11.2 Å². The van der Waals surface area contributed by atoms with E-state index < -0.39 is 36.2 Å². The Bertz CT molecular complexity index is 1510. The van der Waals surface area contributed by atoms with E-state index in [0.29, 0.717) is 15.8 Å². The van der Waals surface area contributed by atoms with E-state index in [4.69, 9.17) is 4.74 Å². The summed E-state index contributed by atoms with van der Waals surface area (Å²) in [6.45, 7) is 4.90. The number of carboxylic acid groups (broad SMARTS) is 1. The molecule has 0 unspecified atom stereocenters. The number of rotatable bonds is 8. The van der Waals surface area contributed by atoms with Crippen molar-refractivity contribution < 1.29 is 32.6 Å². The maximum atomic E-state index is 13.6. The normalized spacial score (nSPS) is 12.4. The fourth-order valence-electron chi connectivity index (χ4n) is 3.97. The number of ether oxygens (including phenoxy) is 1. The Morgan fingerprint density at radius 3 is 2.42 bits per heavy atom. The first-order valence-electron chi connectivity index (χ1n) is 12.3. The lowest BCUT2D eigenvalue weighted by Gasteiger charge is -2.27. The molecule has 0 aliphatic carbocycles. The van der Waals surface area contributed by atoms with Gasteiger partial charge in [0.1, 0.15) is 5.60 Å². The maximum Gasteiger partial charge on any atom is 0.413 e. The predicted molar refractivity (Wildman–Crippen MR) is 146 cm³/mol. The van der Waals surface area contributed by atoms with Crippen molar-refractivity contribution in [3.05, 3.63) is 78.0 Å². The van der Waals surface area contributed by atoms with Gasteiger partial charge in [0.2, 0.25) is 5.95 Å². The molecule has 12 heteroatoms. The van der Waals surface area contributed by atoms with E-state index in [1.807, 2.05) is 0 Å². The van der Waals surface area contributed by atoms with Gasteiger partial charge in [0.25, 0.3) is 6.43 Å². The standard InChI is InChI=1S/C28H27F3N4O4S/c1-28(2,3)39-26(36)34-21(10-16-4-6-17(7-5-16)24(30)31)15-35(27(37)38)25-33-14-22(40-25)18-8-9-19-13-32-23(29)12-20(19)11-18/h4-9,11-14,21,24H,10,15H2,1-3H3,(H,34,36)(H,37,38)/t21-/m0/s1. The molecule has 210 valence electrons. The van der Waals surface area contributed by atoms with Crippen molar-refractivity contribution in [3.63, 3.8) is 0 Å². The minimum atomic E-state index is -2.62. The monoisotopic (exact) mass is 572 g/mol. The van der Waals surface area contributed by atoms with E-state index in [1.54, 1.807) is 39.0 Å². The lowest BCUT2D eigenvalue weighted by Crippen LogP contribution is -2.48. The predicted octanol–water partition coefficient (Wildman–Crippen LogP) is 7.06. The zero-order valence-electron chi connectivity index (χ0n) is 21.9. The minimum Gasteiger partial charge on any atom is -0.465 e. The number of carbonyl (C=O) groups is 2. The van der Waals surface area contributed by atoms with Gasteiger partial charge < -0.3 is 15.2 Å². The Hall–Kier alpha value is -4.19. The number of fused-ring (bicyclic) bond motifs is 1. The number of carbonyl (C=O) groups excluding carboxylic acids is 1. The van der Waals surface area contributed by atoms with Gasteiger partial charge in [0.15, 0.2) is 5.13 Å². The van der Waals surface area contributed by atoms with Crippen LogP contribution in [0.15, 0.2) is 60.9 Å². The maximum absolute atomic E-state index is 13.6. The lowest BCUT2D eigenvalue weighted by molar-refractivity contribution is 0.0505. The molecular weight excluding hydrogens is 545 g/mol. The summed E-state index contributed by atoms with van der Waals surface area (Å²) in [7, 11) is 0. The number of hydrogen-bond donors (Lipinski definition) is 2. The van der Waals surface area contributed by atoms with Crippen LogP contribution in [-0.4, -0.2) is 45.4 Å². The highest BCUT2D eigenvalue weighted by atomic mass is 32.1. The molecule has 2 heterocycles. The molecule has 40 heavy (non-hydrogen) atoms. The highest BCUT2D eigenvalue weighted by molar-refractivity contribution is 7.19. The molecule has 0 aliphatic rings. The van der Waals surface area contributed by atoms with Crippen LogP contribution in [0.4, 0.5) is 27.9 Å². The van der Waals surface area contributed by atoms with E-state index in [-0.39, 0.29) is 23.7 Å². The van der Waals surface area contributed by atoms with E-state index >= 15 is 0 Å². The summed E-state index contributed by atoms with van der Waals surface area (Å²) in [5.41, 5.74) is 0.405. The number of halogens is 3. The minimum absolute atomic E-state index is 0.143. The van der Waals surface area contributed by atoms with Crippen LogP contribution in [0, 0.1) is 5.95 Å². The number of thiazole rings is 1. The van der Waals surface area contributed by atoms with E-state index in [9.17, 15) is 27.9 Å². The smallest absolute Gasteiger partial charge is 0.413 e. The van der Waals surface area contributed by atoms with Gasteiger partial charge in [-0.25, -0.2) is 28.3 Å². The largest absolute Gasteiger partial charge is 0.465 e. The molecule has 0 aliphatic heterocycles. The number of amides is 2. The summed E-state index contributed by atoms with van der Waals surface area (Å²) in [6, 6.07) is 11.5. The second-order valence-electron chi connectivity index (χ2n) is 10.1. The average molecular weight is 573 g/mol. The summed E-state index contributed by atoms with van der Waals surface area (Å²) in [5, 5.41) is 14.3. The summed E-state index contributed by atoms with van der Waals surface area (Å²) in [5.74, 6) is -0.612. The van der Waals surface area contributed by atoms with Crippen molar-refractivity contribution >= 4 is 39.4 Å². The van der Waals surface area contributed by atoms with Crippen molar-refractivity contribution in [2.24, 2.45) is 0 Å². The van der Waals surface area contributed by atoms with Gasteiger partial charge in [-0.2, -0.15) is 4.39 Å². The molecule has 4 aromatic rings. The fourth-order valence-corrected chi connectivity index (χ4v) is 4.88. The number of nitrogens with zero attached hydrogens (tertiary/aromatic N) is 3. The first-order chi connectivity index (χ1) is 18.9. The molecule has 0 saturated carbocycles. The fraction of sp³-hybridized carbons (Fsp3) is 0.286. The Morgan fingerprint density at radius 2 is 1.77 bits per heavy atom. The third-order valence-electron chi connectivity index (χ3n) is 5.77. The molecule has 2 aromatic carbocycles. The van der Waals surface area contributed by atoms with Crippen LogP contribution in [0.25, 0.3) is 21.2 Å². The van der Waals surface area contributed by atoms with Gasteiger partial charge >= 0.3 is 12.2 Å². The molecule has 0 spiro atoms. The molecule has 0 radical (unpaired) electrons. The van der Waals surface area contributed by atoms with Gasteiger partial charge in [-0.3, -0.25) is 4.90 Å². The summed E-state index contributed by atoms with van der Waals surface area (Å²) >= 11 is 1.11. The zero-order valence-corrected chi connectivity index (χ0v) is 22.7. The Morgan fingerprint density at radius 1 is 1.05 bits per heavy atom. The molecular formula is C28H27F3N4O4S. The highest BCUT2D eigenvalue weighted by Crippen LogP contribution is 2.33. The van der Waals surface area contributed by atoms with Crippen LogP contribution < -0.4 is 10.2 Å². The molecule has 2 aromatic heterocycles. The Kier molecular flexibility index (Phi) is 8.58. The number of alkyl carbamates (subject to hydrolysis) is 1. The van der Waals surface area contributed by atoms with Crippen molar-refractivity contribution in [2.45, 2.75) is 45.3 Å². The summed E-state index contributed by atoms with van der Waals surface area (Å²) in [4.78, 5) is 34.5. The van der Waals surface area contributed by atoms with Crippen molar-refractivity contribution in [1.29, 1.82) is 0 Å². The number of pyridine rings is 1. The average Bonchev–Trinajstić information content (AvgIpc) is 3.35. The number of benzene rings is 2. The van der Waals surface area contributed by atoms with Gasteiger partial charge in [-0.15, -0.1) is 0 Å². The molecule has 2 N–H and O–H groups in total. The molecule has 2 amide bonds. The molecule has 4 rings (SSSR count). The molecule has 0 fully saturated rings. The summed E-state index contributed by atoms with van der Waals surface area (Å²) in [6.07, 6.45) is -1.56. The number of aromatic nitrogens is 2. The third kappa shape index (κ3) is 7.47.